The molecule has 1 aliphatic heterocycles. The molecule has 1 aliphatic rings. The molecule has 1 saturated heterocycles. The number of nitrogens with zero attached hydrogens (tertiary/aromatic N) is 1. The highest BCUT2D eigenvalue weighted by molar-refractivity contribution is 9.10. The van der Waals surface area contributed by atoms with Gasteiger partial charge in [0.2, 0.25) is 0 Å². The van der Waals surface area contributed by atoms with E-state index in [-0.39, 0.29) is 6.10 Å². The van der Waals surface area contributed by atoms with Gasteiger partial charge in [0.25, 0.3) is 0 Å². The van der Waals surface area contributed by atoms with Crippen LogP contribution in [0.4, 0.5) is 0 Å². The van der Waals surface area contributed by atoms with Gasteiger partial charge in [0.15, 0.2) is 0 Å². The average molecular weight is 272 g/mol. The molecule has 15 heavy (non-hydrogen) atoms. The Morgan fingerprint density at radius 2 is 2.47 bits per heavy atom. The van der Waals surface area contributed by atoms with Crippen LogP contribution in [-0.4, -0.2) is 30.3 Å². The zero-order valence-electron chi connectivity index (χ0n) is 7.98. The van der Waals surface area contributed by atoms with Crippen molar-refractivity contribution in [3.63, 3.8) is 0 Å². The summed E-state index contributed by atoms with van der Waals surface area (Å²) in [5.41, 5.74) is 0.316. The van der Waals surface area contributed by atoms with E-state index in [1.54, 1.807) is 18.2 Å². The number of ether oxygens (including phenoxy) is 2. The maximum Gasteiger partial charge on any atom is 0.357 e. The highest BCUT2D eigenvalue weighted by Gasteiger charge is 2.21. The fourth-order valence-electron chi connectivity index (χ4n) is 1.34. The molecule has 0 saturated carbocycles. The lowest BCUT2D eigenvalue weighted by Gasteiger charge is -2.09. The summed E-state index contributed by atoms with van der Waals surface area (Å²) in [4.78, 5) is 15.6. The molecule has 80 valence electrons. The average Bonchev–Trinajstić information content (AvgIpc) is 2.70. The van der Waals surface area contributed by atoms with Crippen LogP contribution >= 0.6 is 15.9 Å². The Labute approximate surface area is 95.7 Å². The van der Waals surface area contributed by atoms with Gasteiger partial charge in [-0.25, -0.2) is 9.78 Å². The summed E-state index contributed by atoms with van der Waals surface area (Å²) in [6.45, 7) is 1.14. The zero-order valence-corrected chi connectivity index (χ0v) is 9.57. The van der Waals surface area contributed by atoms with Gasteiger partial charge in [-0.2, -0.15) is 0 Å². The van der Waals surface area contributed by atoms with Gasteiger partial charge in [-0.15, -0.1) is 0 Å². The number of carbonyl (C=O) groups excluding carboxylic acids is 1. The Kier molecular flexibility index (Phi) is 3.33. The molecule has 1 unspecified atom stereocenters. The van der Waals surface area contributed by atoms with Gasteiger partial charge in [-0.3, -0.25) is 0 Å². The highest BCUT2D eigenvalue weighted by Crippen LogP contribution is 2.12. The number of carbonyl (C=O) groups is 1. The second kappa shape index (κ2) is 4.72. The Bertz CT molecular complexity index is 363. The summed E-state index contributed by atoms with van der Waals surface area (Å²) < 4.78 is 10.9. The SMILES string of the molecule is O=C(OC1CCOC1)c1cccc(Br)n1. The first-order chi connectivity index (χ1) is 7.25. The van der Waals surface area contributed by atoms with Crippen molar-refractivity contribution >= 4 is 21.9 Å². The molecule has 0 amide bonds. The largest absolute Gasteiger partial charge is 0.455 e. The Hall–Kier alpha value is -0.940. The summed E-state index contributed by atoms with van der Waals surface area (Å²) in [6.07, 6.45) is 0.637. The molecule has 1 fully saturated rings. The molecule has 2 heterocycles. The first kappa shape index (κ1) is 10.6. The number of rotatable bonds is 2. The minimum Gasteiger partial charge on any atom is -0.455 e. The highest BCUT2D eigenvalue weighted by atomic mass is 79.9. The molecule has 2 rings (SSSR count). The molecular formula is C10H10BrNO3. The van der Waals surface area contributed by atoms with E-state index in [2.05, 4.69) is 20.9 Å². The van der Waals surface area contributed by atoms with Crippen LogP contribution in [0.25, 0.3) is 0 Å². The maximum atomic E-state index is 11.6. The monoisotopic (exact) mass is 271 g/mol. The van der Waals surface area contributed by atoms with Crippen molar-refractivity contribution in [1.29, 1.82) is 0 Å². The molecule has 5 heteroatoms. The zero-order chi connectivity index (χ0) is 10.7. The summed E-state index contributed by atoms with van der Waals surface area (Å²) in [7, 11) is 0. The molecule has 4 nitrogen and oxygen atoms in total. The van der Waals surface area contributed by atoms with Gasteiger partial charge in [-0.05, 0) is 28.1 Å². The minimum atomic E-state index is -0.396. The van der Waals surface area contributed by atoms with E-state index in [0.717, 1.165) is 6.42 Å². The Morgan fingerprint density at radius 1 is 1.60 bits per heavy atom. The first-order valence-corrected chi connectivity index (χ1v) is 5.46. The van der Waals surface area contributed by atoms with E-state index < -0.39 is 5.97 Å². The van der Waals surface area contributed by atoms with Crippen LogP contribution in [0.3, 0.4) is 0 Å². The summed E-state index contributed by atoms with van der Waals surface area (Å²) >= 11 is 3.20. The number of halogens is 1. The summed E-state index contributed by atoms with van der Waals surface area (Å²) in [5.74, 6) is -0.396. The number of esters is 1. The summed E-state index contributed by atoms with van der Waals surface area (Å²) in [5, 5.41) is 0. The van der Waals surface area contributed by atoms with Gasteiger partial charge in [0.05, 0.1) is 13.2 Å². The summed E-state index contributed by atoms with van der Waals surface area (Å²) in [6, 6.07) is 5.14. The van der Waals surface area contributed by atoms with E-state index >= 15 is 0 Å². The van der Waals surface area contributed by atoms with Gasteiger partial charge in [-0.1, -0.05) is 6.07 Å². The van der Waals surface area contributed by atoms with Crippen LogP contribution in [0, 0.1) is 0 Å². The number of pyridine rings is 1. The van der Waals surface area contributed by atoms with Crippen molar-refractivity contribution < 1.29 is 14.3 Å². The molecule has 0 bridgehead atoms. The molecule has 0 radical (unpaired) electrons. The van der Waals surface area contributed by atoms with Crippen molar-refractivity contribution in [3.8, 4) is 0 Å². The predicted octanol–water partition coefficient (Wildman–Crippen LogP) is 1.79. The Morgan fingerprint density at radius 3 is 3.13 bits per heavy atom. The first-order valence-electron chi connectivity index (χ1n) is 4.67. The van der Waals surface area contributed by atoms with E-state index in [9.17, 15) is 4.79 Å². The lowest BCUT2D eigenvalue weighted by atomic mass is 10.3. The molecule has 0 spiro atoms. The quantitative estimate of drug-likeness (QED) is 0.608. The van der Waals surface area contributed by atoms with Crippen molar-refractivity contribution in [2.75, 3.05) is 13.2 Å². The van der Waals surface area contributed by atoms with Gasteiger partial charge in [0.1, 0.15) is 16.4 Å². The van der Waals surface area contributed by atoms with Crippen molar-refractivity contribution in [1.82, 2.24) is 4.98 Å². The van der Waals surface area contributed by atoms with Crippen LogP contribution in [-0.2, 0) is 9.47 Å². The molecule has 1 aromatic heterocycles. The number of hydrogen-bond donors (Lipinski definition) is 0. The van der Waals surface area contributed by atoms with Crippen LogP contribution in [0.15, 0.2) is 22.8 Å². The molecule has 0 aromatic carbocycles. The van der Waals surface area contributed by atoms with E-state index in [1.807, 2.05) is 0 Å². The lowest BCUT2D eigenvalue weighted by molar-refractivity contribution is 0.0264. The van der Waals surface area contributed by atoms with E-state index in [4.69, 9.17) is 9.47 Å². The second-order valence-electron chi connectivity index (χ2n) is 3.24. The smallest absolute Gasteiger partial charge is 0.357 e. The molecule has 1 atom stereocenters. The minimum absolute atomic E-state index is 0.127. The topological polar surface area (TPSA) is 48.4 Å². The fraction of sp³-hybridized carbons (Fsp3) is 0.400. The fourth-order valence-corrected chi connectivity index (χ4v) is 1.68. The molecule has 1 aromatic rings. The number of aromatic nitrogens is 1. The van der Waals surface area contributed by atoms with Crippen LogP contribution in [0.2, 0.25) is 0 Å². The Balaban J connectivity index is 2.01. The van der Waals surface area contributed by atoms with Crippen molar-refractivity contribution in [3.05, 3.63) is 28.5 Å². The van der Waals surface area contributed by atoms with Crippen molar-refractivity contribution in [2.45, 2.75) is 12.5 Å². The predicted molar refractivity (Wildman–Crippen MR) is 56.6 cm³/mol. The van der Waals surface area contributed by atoms with Gasteiger partial charge in [0, 0.05) is 6.42 Å². The molecule has 0 N–H and O–H groups in total. The van der Waals surface area contributed by atoms with Crippen LogP contribution < -0.4 is 0 Å². The standard InChI is InChI=1S/C10H10BrNO3/c11-9-3-1-2-8(12-9)10(13)15-7-4-5-14-6-7/h1-3,7H,4-6H2. The maximum absolute atomic E-state index is 11.6. The third-order valence-electron chi connectivity index (χ3n) is 2.09. The van der Waals surface area contributed by atoms with Crippen molar-refractivity contribution in [2.24, 2.45) is 0 Å². The van der Waals surface area contributed by atoms with Gasteiger partial charge >= 0.3 is 5.97 Å². The van der Waals surface area contributed by atoms with Crippen LogP contribution in [0.1, 0.15) is 16.9 Å². The second-order valence-corrected chi connectivity index (χ2v) is 4.05. The molecule has 0 aliphatic carbocycles. The third kappa shape index (κ3) is 2.76. The van der Waals surface area contributed by atoms with E-state index in [1.165, 1.54) is 0 Å². The number of hydrogen-bond acceptors (Lipinski definition) is 4. The van der Waals surface area contributed by atoms with Crippen LogP contribution in [0.5, 0.6) is 0 Å². The van der Waals surface area contributed by atoms with E-state index in [0.29, 0.717) is 23.5 Å². The lowest BCUT2D eigenvalue weighted by Crippen LogP contribution is -2.18. The normalized spacial score (nSPS) is 20.2. The molecular weight excluding hydrogens is 262 g/mol. The third-order valence-corrected chi connectivity index (χ3v) is 2.53. The van der Waals surface area contributed by atoms with Gasteiger partial charge < -0.3 is 9.47 Å².